The van der Waals surface area contributed by atoms with Gasteiger partial charge in [-0.2, -0.15) is 0 Å². The molecule has 0 spiro atoms. The van der Waals surface area contributed by atoms with E-state index in [1.165, 1.54) is 6.42 Å². The highest BCUT2D eigenvalue weighted by Crippen LogP contribution is 2.21. The van der Waals surface area contributed by atoms with E-state index >= 15 is 0 Å². The zero-order valence-corrected chi connectivity index (χ0v) is 12.9. The van der Waals surface area contributed by atoms with Gasteiger partial charge in [0, 0.05) is 23.5 Å². The molecule has 0 aliphatic carbocycles. The Morgan fingerprint density at radius 1 is 1.20 bits per heavy atom. The summed E-state index contributed by atoms with van der Waals surface area (Å²) in [4.78, 5) is 6.85. The highest BCUT2D eigenvalue weighted by Gasteiger charge is 2.13. The van der Waals surface area contributed by atoms with Gasteiger partial charge in [0.2, 0.25) is 0 Å². The smallest absolute Gasteiger partial charge is 0.128 e. The molecule has 2 aromatic rings. The third-order valence-corrected chi connectivity index (χ3v) is 3.82. The van der Waals surface area contributed by atoms with Crippen LogP contribution in [0.1, 0.15) is 32.8 Å². The fourth-order valence-electron chi connectivity index (χ4n) is 2.59. The second-order valence-electron chi connectivity index (χ2n) is 6.12. The number of hydrogen-bond donors (Lipinski definition) is 1. The van der Waals surface area contributed by atoms with Crippen molar-refractivity contribution >= 4 is 16.7 Å². The van der Waals surface area contributed by atoms with Gasteiger partial charge in [-0.3, -0.25) is 4.90 Å². The number of nitrogens with two attached hydrogens (primary N) is 1. The van der Waals surface area contributed by atoms with Crippen molar-refractivity contribution in [3.63, 3.8) is 0 Å². The van der Waals surface area contributed by atoms with E-state index in [-0.39, 0.29) is 0 Å². The maximum atomic E-state index is 6.10. The molecule has 0 radical (unpaired) electrons. The topological polar surface area (TPSA) is 42.2 Å². The summed E-state index contributed by atoms with van der Waals surface area (Å²) in [6.07, 6.45) is 1.19. The molecule has 0 saturated heterocycles. The summed E-state index contributed by atoms with van der Waals surface area (Å²) in [6.45, 7) is 7.63. The Hall–Kier alpha value is -1.61. The van der Waals surface area contributed by atoms with Crippen molar-refractivity contribution in [2.75, 3.05) is 12.8 Å². The Morgan fingerprint density at radius 2 is 1.90 bits per heavy atom. The van der Waals surface area contributed by atoms with E-state index in [1.54, 1.807) is 0 Å². The molecule has 0 bridgehead atoms. The lowest BCUT2D eigenvalue weighted by Gasteiger charge is -2.26. The summed E-state index contributed by atoms with van der Waals surface area (Å²) in [7, 11) is 2.15. The summed E-state index contributed by atoms with van der Waals surface area (Å²) in [5.41, 5.74) is 8.18. The highest BCUT2D eigenvalue weighted by molar-refractivity contribution is 5.81. The molecule has 0 aliphatic heterocycles. The van der Waals surface area contributed by atoms with Crippen LogP contribution >= 0.6 is 0 Å². The SMILES string of the molecule is CC(C)CC(C)N(C)Cc1cc2ccccc2nc1N. The Labute approximate surface area is 121 Å². The monoisotopic (exact) mass is 271 g/mol. The van der Waals surface area contributed by atoms with Crippen LogP contribution in [0, 0.1) is 5.92 Å². The predicted octanol–water partition coefficient (Wildman–Crippen LogP) is 3.68. The third kappa shape index (κ3) is 3.48. The second-order valence-corrected chi connectivity index (χ2v) is 6.12. The lowest BCUT2D eigenvalue weighted by Crippen LogP contribution is -2.30. The van der Waals surface area contributed by atoms with Crippen LogP contribution < -0.4 is 5.73 Å². The van der Waals surface area contributed by atoms with Crippen molar-refractivity contribution < 1.29 is 0 Å². The molecule has 0 aliphatic rings. The Kier molecular flexibility index (Phi) is 4.61. The molecule has 0 fully saturated rings. The van der Waals surface area contributed by atoms with Gasteiger partial charge in [-0.05, 0) is 38.4 Å². The summed E-state index contributed by atoms with van der Waals surface area (Å²) >= 11 is 0. The van der Waals surface area contributed by atoms with Crippen LogP contribution in [0.25, 0.3) is 10.9 Å². The van der Waals surface area contributed by atoms with Crippen LogP contribution in [0.3, 0.4) is 0 Å². The molecule has 0 saturated carbocycles. The van der Waals surface area contributed by atoms with Crippen molar-refractivity contribution in [3.05, 3.63) is 35.9 Å². The number of fused-ring (bicyclic) bond motifs is 1. The van der Waals surface area contributed by atoms with Crippen molar-refractivity contribution in [1.82, 2.24) is 9.88 Å². The molecule has 1 aromatic carbocycles. The number of aromatic nitrogens is 1. The van der Waals surface area contributed by atoms with E-state index in [2.05, 4.69) is 49.8 Å². The summed E-state index contributed by atoms with van der Waals surface area (Å²) in [5, 5.41) is 1.15. The Morgan fingerprint density at radius 3 is 2.60 bits per heavy atom. The van der Waals surface area contributed by atoms with E-state index in [0.29, 0.717) is 17.8 Å². The molecular weight excluding hydrogens is 246 g/mol. The molecule has 1 aromatic heterocycles. The number of hydrogen-bond acceptors (Lipinski definition) is 3. The van der Waals surface area contributed by atoms with E-state index in [4.69, 9.17) is 5.73 Å². The number of anilines is 1. The lowest BCUT2D eigenvalue weighted by atomic mass is 10.0. The van der Waals surface area contributed by atoms with E-state index < -0.39 is 0 Å². The van der Waals surface area contributed by atoms with Crippen LogP contribution in [0.15, 0.2) is 30.3 Å². The molecule has 0 amide bonds. The first kappa shape index (κ1) is 14.8. The number of nitrogens with zero attached hydrogens (tertiary/aromatic N) is 2. The Bertz CT molecular complexity index is 577. The fourth-order valence-corrected chi connectivity index (χ4v) is 2.59. The van der Waals surface area contributed by atoms with Crippen molar-refractivity contribution in [1.29, 1.82) is 0 Å². The zero-order chi connectivity index (χ0) is 14.7. The number of benzene rings is 1. The summed E-state index contributed by atoms with van der Waals surface area (Å²) < 4.78 is 0. The quantitative estimate of drug-likeness (QED) is 0.902. The first-order chi connectivity index (χ1) is 9.47. The first-order valence-electron chi connectivity index (χ1n) is 7.31. The largest absolute Gasteiger partial charge is 0.383 e. The van der Waals surface area contributed by atoms with E-state index in [0.717, 1.165) is 23.0 Å². The number of nitrogen functional groups attached to an aromatic ring is 1. The van der Waals surface area contributed by atoms with E-state index in [1.807, 2.05) is 18.2 Å². The molecule has 1 atom stereocenters. The average Bonchev–Trinajstić information content (AvgIpc) is 2.38. The molecule has 3 nitrogen and oxygen atoms in total. The van der Waals surface area contributed by atoms with Gasteiger partial charge in [0.25, 0.3) is 0 Å². The average molecular weight is 271 g/mol. The first-order valence-corrected chi connectivity index (χ1v) is 7.31. The molecule has 108 valence electrons. The predicted molar refractivity (Wildman–Crippen MR) is 86.5 cm³/mol. The van der Waals surface area contributed by atoms with Crippen molar-refractivity contribution in [2.24, 2.45) is 5.92 Å². The van der Waals surface area contributed by atoms with Crippen molar-refractivity contribution in [3.8, 4) is 0 Å². The van der Waals surface area contributed by atoms with Crippen molar-refractivity contribution in [2.45, 2.75) is 39.8 Å². The standard InChI is InChI=1S/C17H25N3/c1-12(2)9-13(3)20(4)11-15-10-14-7-5-6-8-16(14)19-17(15)18/h5-8,10,12-13H,9,11H2,1-4H3,(H2,18,19). The molecule has 2 rings (SSSR count). The molecule has 1 heterocycles. The fraction of sp³-hybridized carbons (Fsp3) is 0.471. The number of rotatable bonds is 5. The maximum Gasteiger partial charge on any atom is 0.128 e. The minimum absolute atomic E-state index is 0.542. The molecule has 1 unspecified atom stereocenters. The number of pyridine rings is 1. The van der Waals surface area contributed by atoms with Gasteiger partial charge in [0.15, 0.2) is 0 Å². The molecule has 3 heteroatoms. The lowest BCUT2D eigenvalue weighted by molar-refractivity contribution is 0.221. The second kappa shape index (κ2) is 6.23. The van der Waals surface area contributed by atoms with Crippen LogP contribution in [0.5, 0.6) is 0 Å². The van der Waals surface area contributed by atoms with Gasteiger partial charge in [-0.15, -0.1) is 0 Å². The number of para-hydroxylation sites is 1. The Balaban J connectivity index is 2.18. The van der Waals surface area contributed by atoms with Crippen LogP contribution in [0.2, 0.25) is 0 Å². The van der Waals surface area contributed by atoms with Gasteiger partial charge in [-0.1, -0.05) is 32.0 Å². The molecular formula is C17H25N3. The third-order valence-electron chi connectivity index (χ3n) is 3.82. The minimum atomic E-state index is 0.542. The molecule has 2 N–H and O–H groups in total. The van der Waals surface area contributed by atoms with Crippen LogP contribution in [0.4, 0.5) is 5.82 Å². The zero-order valence-electron chi connectivity index (χ0n) is 12.9. The van der Waals surface area contributed by atoms with E-state index in [9.17, 15) is 0 Å². The van der Waals surface area contributed by atoms with Gasteiger partial charge < -0.3 is 5.73 Å². The van der Waals surface area contributed by atoms with Gasteiger partial charge >= 0.3 is 0 Å². The van der Waals surface area contributed by atoms with Gasteiger partial charge in [0.1, 0.15) is 5.82 Å². The van der Waals surface area contributed by atoms with Gasteiger partial charge in [-0.25, -0.2) is 4.98 Å². The minimum Gasteiger partial charge on any atom is -0.383 e. The summed E-state index contributed by atoms with van der Waals surface area (Å²) in [5.74, 6) is 1.35. The van der Waals surface area contributed by atoms with Crippen LogP contribution in [-0.4, -0.2) is 23.0 Å². The molecule has 20 heavy (non-hydrogen) atoms. The summed E-state index contributed by atoms with van der Waals surface area (Å²) in [6, 6.07) is 10.8. The highest BCUT2D eigenvalue weighted by atomic mass is 15.1. The maximum absolute atomic E-state index is 6.10. The van der Waals surface area contributed by atoms with Gasteiger partial charge in [0.05, 0.1) is 5.52 Å². The normalized spacial score (nSPS) is 13.3. The van der Waals surface area contributed by atoms with Crippen LogP contribution in [-0.2, 0) is 6.54 Å².